The molecule has 0 heterocycles. The third-order valence-corrected chi connectivity index (χ3v) is 5.04. The fourth-order valence-corrected chi connectivity index (χ4v) is 3.42. The Hall–Kier alpha value is -3.27. The van der Waals surface area contributed by atoms with E-state index >= 15 is 0 Å². The summed E-state index contributed by atoms with van der Waals surface area (Å²) in [6.45, 7) is 6.15. The van der Waals surface area contributed by atoms with Crippen LogP contribution in [-0.4, -0.2) is 5.91 Å². The first-order valence-electron chi connectivity index (χ1n) is 10.4. The molecule has 0 aromatic heterocycles. The molecular weight excluding hydrogens is 372 g/mol. The molecule has 0 saturated heterocycles. The van der Waals surface area contributed by atoms with Crippen molar-refractivity contribution in [3.63, 3.8) is 0 Å². The highest BCUT2D eigenvalue weighted by Gasteiger charge is 2.12. The molecule has 2 aromatic carbocycles. The minimum absolute atomic E-state index is 0.188. The van der Waals surface area contributed by atoms with Crippen LogP contribution in [0.1, 0.15) is 43.9 Å². The lowest BCUT2D eigenvalue weighted by Gasteiger charge is -2.10. The van der Waals surface area contributed by atoms with E-state index in [-0.39, 0.29) is 5.91 Å². The summed E-state index contributed by atoms with van der Waals surface area (Å²) in [5.41, 5.74) is 11.8. The van der Waals surface area contributed by atoms with Crippen LogP contribution in [0.15, 0.2) is 77.5 Å². The van der Waals surface area contributed by atoms with Gasteiger partial charge in [0, 0.05) is 12.2 Å². The summed E-state index contributed by atoms with van der Waals surface area (Å²) in [6.07, 6.45) is 9.05. The first-order valence-corrected chi connectivity index (χ1v) is 10.4. The minimum Gasteiger partial charge on any atom is -0.457 e. The van der Waals surface area contributed by atoms with E-state index in [1.807, 2.05) is 56.3 Å². The van der Waals surface area contributed by atoms with Gasteiger partial charge in [0.2, 0.25) is 0 Å². The molecule has 1 aliphatic carbocycles. The van der Waals surface area contributed by atoms with Crippen molar-refractivity contribution in [1.82, 2.24) is 5.32 Å². The van der Waals surface area contributed by atoms with Crippen LogP contribution in [0.4, 0.5) is 0 Å². The van der Waals surface area contributed by atoms with Crippen molar-refractivity contribution in [2.75, 3.05) is 0 Å². The van der Waals surface area contributed by atoms with Gasteiger partial charge in [0.15, 0.2) is 0 Å². The Kier molecular flexibility index (Phi) is 7.12. The average molecular weight is 403 g/mol. The van der Waals surface area contributed by atoms with Gasteiger partial charge in [0.25, 0.3) is 5.91 Å². The van der Waals surface area contributed by atoms with E-state index < -0.39 is 0 Å². The van der Waals surface area contributed by atoms with E-state index in [1.165, 1.54) is 24.0 Å². The monoisotopic (exact) mass is 402 g/mol. The molecule has 1 amide bonds. The highest BCUT2D eigenvalue weighted by Crippen LogP contribution is 2.29. The first kappa shape index (κ1) is 21.4. The summed E-state index contributed by atoms with van der Waals surface area (Å²) < 4.78 is 5.99. The maximum atomic E-state index is 12.5. The fourth-order valence-electron chi connectivity index (χ4n) is 3.42. The highest BCUT2D eigenvalue weighted by atomic mass is 16.5. The van der Waals surface area contributed by atoms with Gasteiger partial charge in [-0.2, -0.15) is 0 Å². The number of benzene rings is 2. The standard InChI is InChI=1S/C26H30N2O2/c1-18(2)6-4-9-25(19(3)27)26(29)28-17-20-10-13-23(14-11-20)30-24-15-12-21-7-5-8-22(21)16-24/h4,6,9-16H,5,7-8,17,27H2,1-3H3,(H,28,29)/b9-4-,25-19-. The van der Waals surface area contributed by atoms with Gasteiger partial charge in [-0.15, -0.1) is 0 Å². The number of nitrogens with two attached hydrogens (primary N) is 1. The Morgan fingerprint density at radius 2 is 1.73 bits per heavy atom. The highest BCUT2D eigenvalue weighted by molar-refractivity contribution is 5.96. The molecule has 0 atom stereocenters. The third-order valence-electron chi connectivity index (χ3n) is 5.04. The van der Waals surface area contributed by atoms with Gasteiger partial charge >= 0.3 is 0 Å². The van der Waals surface area contributed by atoms with Crippen LogP contribution in [0.3, 0.4) is 0 Å². The van der Waals surface area contributed by atoms with Crippen molar-refractivity contribution in [3.05, 3.63) is 94.2 Å². The second-order valence-corrected chi connectivity index (χ2v) is 7.91. The summed E-state index contributed by atoms with van der Waals surface area (Å²) in [6, 6.07) is 14.1. The van der Waals surface area contributed by atoms with Gasteiger partial charge in [-0.25, -0.2) is 0 Å². The van der Waals surface area contributed by atoms with Crippen LogP contribution in [0.2, 0.25) is 0 Å². The Morgan fingerprint density at radius 1 is 1.03 bits per heavy atom. The van der Waals surface area contributed by atoms with Crippen LogP contribution in [-0.2, 0) is 24.2 Å². The molecule has 0 aliphatic heterocycles. The van der Waals surface area contributed by atoms with E-state index in [0.29, 0.717) is 17.8 Å². The largest absolute Gasteiger partial charge is 0.457 e. The molecule has 30 heavy (non-hydrogen) atoms. The molecule has 0 bridgehead atoms. The Labute approximate surface area is 179 Å². The number of allylic oxidation sites excluding steroid dienone is 4. The van der Waals surface area contributed by atoms with Crippen molar-refractivity contribution < 1.29 is 9.53 Å². The normalized spacial score (nSPS) is 13.6. The van der Waals surface area contributed by atoms with Crippen LogP contribution in [0.25, 0.3) is 0 Å². The number of hydrogen-bond donors (Lipinski definition) is 2. The number of nitrogens with one attached hydrogen (secondary N) is 1. The lowest BCUT2D eigenvalue weighted by molar-refractivity contribution is -0.117. The molecule has 0 radical (unpaired) electrons. The number of amides is 1. The van der Waals surface area contributed by atoms with Crippen molar-refractivity contribution in [2.45, 2.75) is 46.6 Å². The smallest absolute Gasteiger partial charge is 0.253 e. The SMILES string of the molecule is CC(C)=C/C=C\C(C(=O)NCc1ccc(Oc2ccc3c(c2)CCC3)cc1)=C(/C)N. The van der Waals surface area contributed by atoms with E-state index in [2.05, 4.69) is 17.4 Å². The number of hydrogen-bond acceptors (Lipinski definition) is 3. The van der Waals surface area contributed by atoms with E-state index in [0.717, 1.165) is 29.1 Å². The van der Waals surface area contributed by atoms with Crippen LogP contribution in [0.5, 0.6) is 11.5 Å². The number of ether oxygens (including phenoxy) is 1. The molecule has 4 nitrogen and oxygen atoms in total. The minimum atomic E-state index is -0.188. The van der Waals surface area contributed by atoms with E-state index in [1.54, 1.807) is 13.0 Å². The maximum absolute atomic E-state index is 12.5. The quantitative estimate of drug-likeness (QED) is 0.485. The van der Waals surface area contributed by atoms with E-state index in [4.69, 9.17) is 10.5 Å². The van der Waals surface area contributed by atoms with Crippen molar-refractivity contribution in [1.29, 1.82) is 0 Å². The molecule has 1 aliphatic rings. The summed E-state index contributed by atoms with van der Waals surface area (Å²) in [5.74, 6) is 1.46. The predicted octanol–water partition coefficient (Wildman–Crippen LogP) is 5.34. The van der Waals surface area contributed by atoms with Gasteiger partial charge in [0.05, 0.1) is 5.57 Å². The number of fused-ring (bicyclic) bond motifs is 1. The number of carbonyl (C=O) groups excluding carboxylic acids is 1. The molecule has 156 valence electrons. The maximum Gasteiger partial charge on any atom is 0.253 e. The molecule has 2 aromatic rings. The predicted molar refractivity (Wildman–Crippen MR) is 122 cm³/mol. The molecular formula is C26H30N2O2. The molecule has 4 heteroatoms. The molecule has 0 spiro atoms. The number of rotatable bonds is 7. The molecule has 0 fully saturated rings. The van der Waals surface area contributed by atoms with Gasteiger partial charge in [-0.1, -0.05) is 35.9 Å². The lowest BCUT2D eigenvalue weighted by atomic mass is 10.1. The van der Waals surface area contributed by atoms with Gasteiger partial charge in [-0.05, 0) is 87.1 Å². The Balaban J connectivity index is 1.57. The van der Waals surface area contributed by atoms with Crippen molar-refractivity contribution in [2.24, 2.45) is 5.73 Å². The van der Waals surface area contributed by atoms with E-state index in [9.17, 15) is 4.79 Å². The zero-order chi connectivity index (χ0) is 21.5. The summed E-state index contributed by atoms with van der Waals surface area (Å²) in [5, 5.41) is 2.93. The van der Waals surface area contributed by atoms with Gasteiger partial charge in [0.1, 0.15) is 11.5 Å². The molecule has 0 unspecified atom stereocenters. The summed E-state index contributed by atoms with van der Waals surface area (Å²) in [4.78, 5) is 12.5. The zero-order valence-electron chi connectivity index (χ0n) is 18.0. The summed E-state index contributed by atoms with van der Waals surface area (Å²) in [7, 11) is 0. The van der Waals surface area contributed by atoms with Crippen LogP contribution in [0, 0.1) is 0 Å². The second-order valence-electron chi connectivity index (χ2n) is 7.91. The Morgan fingerprint density at radius 3 is 2.43 bits per heavy atom. The number of carbonyl (C=O) groups is 1. The lowest BCUT2D eigenvalue weighted by Crippen LogP contribution is -2.25. The van der Waals surface area contributed by atoms with Gasteiger partial charge in [-0.3, -0.25) is 4.79 Å². The molecule has 3 N–H and O–H groups in total. The van der Waals surface area contributed by atoms with Crippen LogP contribution >= 0.6 is 0 Å². The average Bonchev–Trinajstić information content (AvgIpc) is 3.18. The second kappa shape index (κ2) is 9.97. The Bertz CT molecular complexity index is 990. The van der Waals surface area contributed by atoms with Crippen LogP contribution < -0.4 is 15.8 Å². The van der Waals surface area contributed by atoms with Crippen molar-refractivity contribution >= 4 is 5.91 Å². The number of aryl methyl sites for hydroxylation is 2. The summed E-state index contributed by atoms with van der Waals surface area (Å²) >= 11 is 0. The molecule has 0 saturated carbocycles. The fraction of sp³-hybridized carbons (Fsp3) is 0.269. The topological polar surface area (TPSA) is 64.3 Å². The zero-order valence-corrected chi connectivity index (χ0v) is 18.0. The first-order chi connectivity index (χ1) is 14.4. The molecule has 3 rings (SSSR count). The van der Waals surface area contributed by atoms with Gasteiger partial charge < -0.3 is 15.8 Å². The third kappa shape index (κ3) is 5.86. The van der Waals surface area contributed by atoms with Crippen molar-refractivity contribution in [3.8, 4) is 11.5 Å².